The predicted octanol–water partition coefficient (Wildman–Crippen LogP) is 3.89. The van der Waals surface area contributed by atoms with Crippen molar-refractivity contribution >= 4 is 39.9 Å². The zero-order chi connectivity index (χ0) is 35.5. The maximum atomic E-state index is 13.7. The number of carbonyl (C=O) groups is 2. The number of nitrogens with two attached hydrogens (primary N) is 1. The SMILES string of the molecule is Cc1cccc2c(O)cc3c(c12)[C@H](CCl)CN3C(=O)/C(N)=C/N1C=C(NC(=O)c2ccc(OCCOCCOCCOCCO)cc2)C=CC1. The van der Waals surface area contributed by atoms with E-state index in [1.165, 1.54) is 6.20 Å². The molecule has 5 rings (SSSR count). The molecule has 12 nitrogen and oxygen atoms in total. The molecule has 13 heteroatoms. The largest absolute Gasteiger partial charge is 0.507 e. The molecule has 2 aliphatic heterocycles. The molecule has 1 atom stereocenters. The van der Waals surface area contributed by atoms with Gasteiger partial charge in [0, 0.05) is 54.3 Å². The Labute approximate surface area is 296 Å². The van der Waals surface area contributed by atoms with Crippen LogP contribution in [0.15, 0.2) is 84.5 Å². The first-order valence-corrected chi connectivity index (χ1v) is 17.0. The maximum absolute atomic E-state index is 13.7. The van der Waals surface area contributed by atoms with E-state index in [0.29, 0.717) is 87.9 Å². The molecule has 3 aromatic rings. The Kier molecular flexibility index (Phi) is 13.1. The summed E-state index contributed by atoms with van der Waals surface area (Å²) in [4.78, 5) is 29.9. The van der Waals surface area contributed by atoms with E-state index in [0.717, 1.165) is 21.9 Å². The van der Waals surface area contributed by atoms with Crippen molar-refractivity contribution < 1.29 is 38.7 Å². The highest BCUT2D eigenvalue weighted by atomic mass is 35.5. The third-order valence-corrected chi connectivity index (χ3v) is 8.59. The number of allylic oxidation sites excluding steroid dienone is 1. The summed E-state index contributed by atoms with van der Waals surface area (Å²) in [6, 6.07) is 14.1. The van der Waals surface area contributed by atoms with Gasteiger partial charge in [0.25, 0.3) is 11.8 Å². The van der Waals surface area contributed by atoms with E-state index in [2.05, 4.69) is 5.32 Å². The lowest BCUT2D eigenvalue weighted by molar-refractivity contribution is -0.115. The summed E-state index contributed by atoms with van der Waals surface area (Å²) in [5, 5.41) is 24.0. The van der Waals surface area contributed by atoms with Gasteiger partial charge < -0.3 is 50.0 Å². The molecule has 0 spiro atoms. The van der Waals surface area contributed by atoms with Gasteiger partial charge in [0.1, 0.15) is 23.8 Å². The third kappa shape index (κ3) is 9.14. The van der Waals surface area contributed by atoms with Crippen LogP contribution >= 0.6 is 11.6 Å². The molecular weight excluding hydrogens is 664 g/mol. The highest BCUT2D eigenvalue weighted by Gasteiger charge is 2.35. The smallest absolute Gasteiger partial charge is 0.275 e. The first-order chi connectivity index (χ1) is 24.3. The van der Waals surface area contributed by atoms with E-state index in [1.807, 2.05) is 31.2 Å². The molecule has 0 radical (unpaired) electrons. The second-order valence-electron chi connectivity index (χ2n) is 11.7. The lowest BCUT2D eigenvalue weighted by Crippen LogP contribution is -2.35. The highest BCUT2D eigenvalue weighted by Crippen LogP contribution is 2.46. The Balaban J connectivity index is 1.12. The minimum absolute atomic E-state index is 0.00231. The number of phenols is 1. The van der Waals surface area contributed by atoms with Crippen molar-refractivity contribution in [3.8, 4) is 11.5 Å². The summed E-state index contributed by atoms with van der Waals surface area (Å²) in [5.74, 6) is 0.172. The van der Waals surface area contributed by atoms with Crippen LogP contribution in [0.25, 0.3) is 10.8 Å². The fourth-order valence-corrected chi connectivity index (χ4v) is 6.13. The Bertz CT molecular complexity index is 1740. The van der Waals surface area contributed by atoms with E-state index in [4.69, 9.17) is 41.4 Å². The molecule has 0 unspecified atom stereocenters. The molecule has 2 heterocycles. The zero-order valence-electron chi connectivity index (χ0n) is 28.0. The molecule has 0 saturated carbocycles. The molecule has 0 aliphatic carbocycles. The number of hydrogen-bond acceptors (Lipinski definition) is 10. The van der Waals surface area contributed by atoms with Crippen LogP contribution in [0.1, 0.15) is 27.4 Å². The number of alkyl halides is 1. The quantitative estimate of drug-likeness (QED) is 0.0923. The molecule has 0 aromatic heterocycles. The van der Waals surface area contributed by atoms with Crippen molar-refractivity contribution in [3.05, 3.63) is 101 Å². The first-order valence-electron chi connectivity index (χ1n) is 16.4. The number of aromatic hydroxyl groups is 1. The molecular formula is C37H43ClN4O8. The molecule has 2 amide bonds. The highest BCUT2D eigenvalue weighted by molar-refractivity contribution is 6.19. The minimum Gasteiger partial charge on any atom is -0.507 e. The van der Waals surface area contributed by atoms with Gasteiger partial charge in [0.2, 0.25) is 0 Å². The van der Waals surface area contributed by atoms with Gasteiger partial charge >= 0.3 is 0 Å². The number of halogens is 1. The van der Waals surface area contributed by atoms with E-state index in [1.54, 1.807) is 52.4 Å². The predicted molar refractivity (Wildman–Crippen MR) is 191 cm³/mol. The van der Waals surface area contributed by atoms with Gasteiger partial charge in [-0.05, 0) is 53.8 Å². The van der Waals surface area contributed by atoms with Crippen LogP contribution in [-0.4, -0.2) is 98.8 Å². The van der Waals surface area contributed by atoms with Gasteiger partial charge in [-0.3, -0.25) is 9.59 Å². The van der Waals surface area contributed by atoms with Crippen molar-refractivity contribution in [2.45, 2.75) is 12.8 Å². The van der Waals surface area contributed by atoms with Crippen LogP contribution in [0, 0.1) is 6.92 Å². The van der Waals surface area contributed by atoms with Crippen molar-refractivity contribution in [3.63, 3.8) is 0 Å². The number of nitrogens with zero attached hydrogens (tertiary/aromatic N) is 2. The van der Waals surface area contributed by atoms with Crippen LogP contribution in [0.5, 0.6) is 11.5 Å². The number of aryl methyl sites for hydroxylation is 1. The van der Waals surface area contributed by atoms with Gasteiger partial charge in [0.05, 0.1) is 57.6 Å². The van der Waals surface area contributed by atoms with E-state index in [-0.39, 0.29) is 29.9 Å². The normalized spacial score (nSPS) is 15.7. The van der Waals surface area contributed by atoms with Gasteiger partial charge in [-0.1, -0.05) is 24.3 Å². The fraction of sp³-hybridized carbons (Fsp3) is 0.351. The average molecular weight is 707 g/mol. The monoisotopic (exact) mass is 706 g/mol. The molecule has 266 valence electrons. The number of amides is 2. The van der Waals surface area contributed by atoms with Crippen LogP contribution in [0.4, 0.5) is 5.69 Å². The number of fused-ring (bicyclic) bond motifs is 3. The van der Waals surface area contributed by atoms with Crippen LogP contribution in [-0.2, 0) is 19.0 Å². The average Bonchev–Trinajstić information content (AvgIpc) is 3.48. The van der Waals surface area contributed by atoms with Crippen molar-refractivity contribution in [1.29, 1.82) is 0 Å². The molecule has 50 heavy (non-hydrogen) atoms. The van der Waals surface area contributed by atoms with Crippen LogP contribution in [0.3, 0.4) is 0 Å². The van der Waals surface area contributed by atoms with E-state index >= 15 is 0 Å². The van der Waals surface area contributed by atoms with Gasteiger partial charge in [-0.15, -0.1) is 11.6 Å². The number of anilines is 1. The maximum Gasteiger partial charge on any atom is 0.275 e. The van der Waals surface area contributed by atoms with Crippen molar-refractivity contribution in [2.24, 2.45) is 5.73 Å². The molecule has 0 saturated heterocycles. The van der Waals surface area contributed by atoms with Gasteiger partial charge in [-0.25, -0.2) is 0 Å². The number of nitrogens with one attached hydrogen (secondary N) is 1. The van der Waals surface area contributed by atoms with Crippen molar-refractivity contribution in [2.75, 3.05) is 76.7 Å². The van der Waals surface area contributed by atoms with Crippen molar-refractivity contribution in [1.82, 2.24) is 10.2 Å². The number of phenolic OH excluding ortho intramolecular Hbond substituents is 1. The number of aliphatic hydroxyl groups excluding tert-OH is 1. The molecule has 2 aliphatic rings. The lowest BCUT2D eigenvalue weighted by Gasteiger charge is -2.22. The fourth-order valence-electron chi connectivity index (χ4n) is 5.88. The Morgan fingerprint density at radius 1 is 1.02 bits per heavy atom. The second-order valence-corrected chi connectivity index (χ2v) is 12.1. The standard InChI is InChI=1S/C37H43ClN4O8/c1-25-4-2-6-30-33(44)20-32-35(34(25)30)27(21-38)22-42(32)37(46)31(39)24-41-11-3-5-28(23-41)40-36(45)26-7-9-29(10-8-26)50-19-18-49-17-16-48-15-14-47-13-12-43/h2-10,20,23-24,27,43-44H,11-19,21-22,39H2,1H3,(H,40,45)/b31-24-/t27-/m1/s1. The number of benzene rings is 3. The third-order valence-electron chi connectivity index (χ3n) is 8.22. The summed E-state index contributed by atoms with van der Waals surface area (Å²) < 4.78 is 21.7. The van der Waals surface area contributed by atoms with E-state index < -0.39 is 5.91 Å². The molecule has 3 aromatic carbocycles. The molecule has 5 N–H and O–H groups in total. The Morgan fingerprint density at radius 3 is 2.42 bits per heavy atom. The summed E-state index contributed by atoms with van der Waals surface area (Å²) in [7, 11) is 0. The minimum atomic E-state index is -0.403. The Hall–Kier alpha value is -4.59. The summed E-state index contributed by atoms with van der Waals surface area (Å²) in [5.41, 5.74) is 9.84. The second kappa shape index (κ2) is 17.9. The summed E-state index contributed by atoms with van der Waals surface area (Å²) in [6.45, 7) is 5.50. The van der Waals surface area contributed by atoms with E-state index in [9.17, 15) is 14.7 Å². The van der Waals surface area contributed by atoms with Crippen LogP contribution < -0.4 is 20.7 Å². The van der Waals surface area contributed by atoms with Gasteiger partial charge in [0.15, 0.2) is 0 Å². The summed E-state index contributed by atoms with van der Waals surface area (Å²) in [6.07, 6.45) is 6.88. The number of aliphatic hydroxyl groups is 1. The van der Waals surface area contributed by atoms with Gasteiger partial charge in [-0.2, -0.15) is 0 Å². The number of carbonyl (C=O) groups excluding carboxylic acids is 2. The molecule has 0 bridgehead atoms. The number of ether oxygens (including phenoxy) is 4. The lowest BCUT2D eigenvalue weighted by atomic mass is 9.92. The Morgan fingerprint density at radius 2 is 1.72 bits per heavy atom. The number of rotatable bonds is 17. The molecule has 0 fully saturated rings. The number of hydrogen-bond donors (Lipinski definition) is 4. The topological polar surface area (TPSA) is 156 Å². The first kappa shape index (κ1) is 36.7. The summed E-state index contributed by atoms with van der Waals surface area (Å²) >= 11 is 6.37. The zero-order valence-corrected chi connectivity index (χ0v) is 28.7. The van der Waals surface area contributed by atoms with Crippen LogP contribution in [0.2, 0.25) is 0 Å².